The fourth-order valence-corrected chi connectivity index (χ4v) is 1.62. The fourth-order valence-electron chi connectivity index (χ4n) is 1.62. The second-order valence-corrected chi connectivity index (χ2v) is 3.97. The summed E-state index contributed by atoms with van der Waals surface area (Å²) < 4.78 is 18.5. The van der Waals surface area contributed by atoms with Crippen molar-refractivity contribution >= 4 is 17.3 Å². The van der Waals surface area contributed by atoms with Gasteiger partial charge in [-0.1, -0.05) is 6.07 Å². The predicted octanol–water partition coefficient (Wildman–Crippen LogP) is 2.45. The predicted molar refractivity (Wildman–Crippen MR) is 74.2 cm³/mol. The number of nitrogens with zero attached hydrogens (tertiary/aromatic N) is 1. The summed E-state index contributed by atoms with van der Waals surface area (Å²) in [6.45, 7) is 2.36. The summed E-state index contributed by atoms with van der Waals surface area (Å²) in [4.78, 5) is 16.0. The summed E-state index contributed by atoms with van der Waals surface area (Å²) in [7, 11) is 0. The van der Waals surface area contributed by atoms with Crippen LogP contribution in [-0.4, -0.2) is 17.5 Å². The number of hydrogen-bond donors (Lipinski definition) is 2. The van der Waals surface area contributed by atoms with E-state index in [9.17, 15) is 9.18 Å². The molecule has 0 aliphatic rings. The van der Waals surface area contributed by atoms with Crippen molar-refractivity contribution in [2.45, 2.75) is 6.92 Å². The van der Waals surface area contributed by atoms with E-state index in [0.717, 1.165) is 0 Å². The van der Waals surface area contributed by atoms with Gasteiger partial charge in [-0.2, -0.15) is 0 Å². The number of aromatic nitrogens is 1. The highest BCUT2D eigenvalue weighted by Crippen LogP contribution is 2.18. The van der Waals surface area contributed by atoms with Gasteiger partial charge in [0.2, 0.25) is 5.88 Å². The molecule has 0 radical (unpaired) electrons. The summed E-state index contributed by atoms with van der Waals surface area (Å²) in [5, 5.41) is 2.59. The number of para-hydroxylation sites is 1. The number of ether oxygens (including phenoxy) is 1. The number of nitrogens with two attached hydrogens (primary N) is 1. The molecular formula is C14H14FN3O2. The lowest BCUT2D eigenvalue weighted by Crippen LogP contribution is -2.15. The maximum absolute atomic E-state index is 13.3. The zero-order valence-corrected chi connectivity index (χ0v) is 10.9. The molecular weight excluding hydrogens is 261 g/mol. The van der Waals surface area contributed by atoms with Gasteiger partial charge in [0.1, 0.15) is 5.82 Å². The lowest BCUT2D eigenvalue weighted by Gasteiger charge is -2.08. The van der Waals surface area contributed by atoms with Crippen LogP contribution >= 0.6 is 0 Å². The van der Waals surface area contributed by atoms with Crippen molar-refractivity contribution in [1.82, 2.24) is 4.98 Å². The first-order valence-corrected chi connectivity index (χ1v) is 6.06. The number of carbonyl (C=O) groups excluding carboxylic acids is 1. The van der Waals surface area contributed by atoms with Crippen LogP contribution in [0.4, 0.5) is 15.8 Å². The van der Waals surface area contributed by atoms with E-state index in [1.807, 2.05) is 6.92 Å². The highest BCUT2D eigenvalue weighted by atomic mass is 19.1. The van der Waals surface area contributed by atoms with E-state index in [1.165, 1.54) is 24.4 Å². The van der Waals surface area contributed by atoms with Crippen molar-refractivity contribution < 1.29 is 13.9 Å². The van der Waals surface area contributed by atoms with E-state index < -0.39 is 11.7 Å². The van der Waals surface area contributed by atoms with Gasteiger partial charge >= 0.3 is 0 Å². The first kappa shape index (κ1) is 13.8. The number of pyridine rings is 1. The number of amides is 1. The number of anilines is 2. The van der Waals surface area contributed by atoms with Gasteiger partial charge in [0.25, 0.3) is 5.91 Å². The average molecular weight is 275 g/mol. The van der Waals surface area contributed by atoms with Crippen molar-refractivity contribution in [2.24, 2.45) is 0 Å². The smallest absolute Gasteiger partial charge is 0.257 e. The van der Waals surface area contributed by atoms with E-state index in [4.69, 9.17) is 10.5 Å². The molecule has 2 rings (SSSR count). The molecule has 5 nitrogen and oxygen atoms in total. The summed E-state index contributed by atoms with van der Waals surface area (Å²) in [5.74, 6) is -0.647. The molecule has 0 spiro atoms. The molecule has 3 N–H and O–H groups in total. The van der Waals surface area contributed by atoms with Crippen LogP contribution in [0.15, 0.2) is 36.5 Å². The van der Waals surface area contributed by atoms with Crippen molar-refractivity contribution in [2.75, 3.05) is 17.7 Å². The third-order valence-corrected chi connectivity index (χ3v) is 2.58. The van der Waals surface area contributed by atoms with Gasteiger partial charge in [-0.15, -0.1) is 0 Å². The van der Waals surface area contributed by atoms with E-state index in [1.54, 1.807) is 12.1 Å². The van der Waals surface area contributed by atoms with Gasteiger partial charge in [0.05, 0.1) is 29.7 Å². The molecule has 1 amide bonds. The molecule has 104 valence electrons. The first-order valence-electron chi connectivity index (χ1n) is 6.06. The molecule has 0 fully saturated rings. The fraction of sp³-hybridized carbons (Fsp3) is 0.143. The van der Waals surface area contributed by atoms with Crippen LogP contribution in [0.25, 0.3) is 0 Å². The Kier molecular flexibility index (Phi) is 4.14. The quantitative estimate of drug-likeness (QED) is 0.840. The van der Waals surface area contributed by atoms with Crippen molar-refractivity contribution in [1.29, 1.82) is 0 Å². The van der Waals surface area contributed by atoms with Gasteiger partial charge in [-0.3, -0.25) is 4.79 Å². The van der Waals surface area contributed by atoms with Crippen molar-refractivity contribution in [3.05, 3.63) is 47.9 Å². The average Bonchev–Trinajstić information content (AvgIpc) is 2.44. The molecule has 0 saturated carbocycles. The Morgan fingerprint density at radius 3 is 2.85 bits per heavy atom. The number of nitrogens with one attached hydrogen (secondary N) is 1. The van der Waals surface area contributed by atoms with Crippen LogP contribution in [0.3, 0.4) is 0 Å². The second kappa shape index (κ2) is 6.01. The number of carbonyl (C=O) groups is 1. The van der Waals surface area contributed by atoms with Crippen LogP contribution in [0.5, 0.6) is 5.88 Å². The summed E-state index contributed by atoms with van der Waals surface area (Å²) in [5.41, 5.74) is 5.91. The summed E-state index contributed by atoms with van der Waals surface area (Å²) >= 11 is 0. The molecule has 0 atom stereocenters. The minimum Gasteiger partial charge on any atom is -0.478 e. The number of nitrogen functional groups attached to an aromatic ring is 1. The number of halogens is 1. The van der Waals surface area contributed by atoms with Gasteiger partial charge in [0.15, 0.2) is 0 Å². The molecule has 0 bridgehead atoms. The minimum atomic E-state index is -0.623. The lowest BCUT2D eigenvalue weighted by molar-refractivity contribution is 0.102. The Morgan fingerprint density at radius 1 is 1.40 bits per heavy atom. The molecule has 6 heteroatoms. The Labute approximate surface area is 115 Å². The first-order chi connectivity index (χ1) is 9.61. The van der Waals surface area contributed by atoms with Crippen molar-refractivity contribution in [3.63, 3.8) is 0 Å². The summed E-state index contributed by atoms with van der Waals surface area (Å²) in [6.07, 6.45) is 1.46. The topological polar surface area (TPSA) is 77.2 Å². The molecule has 2 aromatic rings. The monoisotopic (exact) mass is 275 g/mol. The Bertz CT molecular complexity index is 614. The standard InChI is InChI=1S/C14H14FN3O2/c1-2-20-12-7-6-9(8-17-12)18-14(19)10-4-3-5-11(15)13(10)16/h3-8H,2,16H2,1H3,(H,18,19). The maximum atomic E-state index is 13.3. The zero-order chi connectivity index (χ0) is 14.5. The van der Waals surface area contributed by atoms with Gasteiger partial charge in [-0.05, 0) is 25.1 Å². The largest absolute Gasteiger partial charge is 0.478 e. The van der Waals surface area contributed by atoms with Crippen LogP contribution in [0, 0.1) is 5.82 Å². The third-order valence-electron chi connectivity index (χ3n) is 2.58. The minimum absolute atomic E-state index is 0.0823. The van der Waals surface area contributed by atoms with Crippen LogP contribution in [0.2, 0.25) is 0 Å². The van der Waals surface area contributed by atoms with E-state index >= 15 is 0 Å². The van der Waals surface area contributed by atoms with Crippen LogP contribution < -0.4 is 15.8 Å². The SMILES string of the molecule is CCOc1ccc(NC(=O)c2cccc(F)c2N)cn1. The van der Waals surface area contributed by atoms with E-state index in [2.05, 4.69) is 10.3 Å². The van der Waals surface area contributed by atoms with E-state index in [-0.39, 0.29) is 11.3 Å². The number of hydrogen-bond acceptors (Lipinski definition) is 4. The highest BCUT2D eigenvalue weighted by molar-refractivity contribution is 6.07. The molecule has 0 saturated heterocycles. The maximum Gasteiger partial charge on any atom is 0.257 e. The van der Waals surface area contributed by atoms with Gasteiger partial charge in [0, 0.05) is 6.07 Å². The molecule has 1 aromatic heterocycles. The molecule has 0 aliphatic heterocycles. The van der Waals surface area contributed by atoms with Crippen molar-refractivity contribution in [3.8, 4) is 5.88 Å². The molecule has 0 aliphatic carbocycles. The third kappa shape index (κ3) is 3.03. The van der Waals surface area contributed by atoms with E-state index in [0.29, 0.717) is 18.2 Å². The van der Waals surface area contributed by atoms with Crippen LogP contribution in [0.1, 0.15) is 17.3 Å². The normalized spacial score (nSPS) is 10.1. The van der Waals surface area contributed by atoms with Gasteiger partial charge < -0.3 is 15.8 Å². The molecule has 1 heterocycles. The number of benzene rings is 1. The molecule has 1 aromatic carbocycles. The highest BCUT2D eigenvalue weighted by Gasteiger charge is 2.12. The Morgan fingerprint density at radius 2 is 2.20 bits per heavy atom. The zero-order valence-electron chi connectivity index (χ0n) is 10.9. The Hall–Kier alpha value is -2.63. The molecule has 20 heavy (non-hydrogen) atoms. The Balaban J connectivity index is 2.13. The second-order valence-electron chi connectivity index (χ2n) is 3.97. The molecule has 0 unspecified atom stereocenters. The summed E-state index contributed by atoms with van der Waals surface area (Å²) in [6, 6.07) is 7.36. The van der Waals surface area contributed by atoms with Crippen LogP contribution in [-0.2, 0) is 0 Å². The van der Waals surface area contributed by atoms with Gasteiger partial charge in [-0.25, -0.2) is 9.37 Å². The number of rotatable bonds is 4. The lowest BCUT2D eigenvalue weighted by atomic mass is 10.1.